The number of aromatic nitrogens is 1. The van der Waals surface area contributed by atoms with E-state index in [-0.39, 0.29) is 27.8 Å². The van der Waals surface area contributed by atoms with Gasteiger partial charge >= 0.3 is 24.7 Å². The lowest BCUT2D eigenvalue weighted by Crippen LogP contribution is -2.48. The minimum atomic E-state index is -4.84. The molecule has 4 aliphatic rings. The lowest BCUT2D eigenvalue weighted by Gasteiger charge is -2.36. The summed E-state index contributed by atoms with van der Waals surface area (Å²) >= 11 is 3.06. The molecule has 0 saturated carbocycles. The van der Waals surface area contributed by atoms with Crippen LogP contribution in [0.1, 0.15) is 91.1 Å². The highest BCUT2D eigenvalue weighted by Gasteiger charge is 2.56. The number of halogens is 21. The first-order valence-electron chi connectivity index (χ1n) is 29.9. The molecule has 8 N–H and O–H groups in total. The molecule has 36 heteroatoms. The van der Waals surface area contributed by atoms with E-state index in [9.17, 15) is 87.8 Å². The van der Waals surface area contributed by atoms with Gasteiger partial charge in [-0.15, -0.1) is 12.0 Å². The third-order valence-electron chi connectivity index (χ3n) is 16.5. The van der Waals surface area contributed by atoms with Crippen LogP contribution in [-0.2, 0) is 41.1 Å². The van der Waals surface area contributed by atoms with Gasteiger partial charge in [0.1, 0.15) is 85.9 Å². The number of nitrogens with two attached hydrogens (primary N) is 4. The highest BCUT2D eigenvalue weighted by molar-refractivity contribution is 9.10. The van der Waals surface area contributed by atoms with Crippen molar-refractivity contribution < 1.29 is 107 Å². The number of ether oxygens (including phenoxy) is 4. The van der Waals surface area contributed by atoms with E-state index in [1.807, 2.05) is 0 Å². The van der Waals surface area contributed by atoms with E-state index < -0.39 is 185 Å². The molecule has 1 aromatic heterocycles. The summed E-state index contributed by atoms with van der Waals surface area (Å²) in [4.78, 5) is 21.8. The smallest absolute Gasteiger partial charge is 0.425 e. The van der Waals surface area contributed by atoms with Crippen LogP contribution in [0, 0.1) is 65.5 Å². The highest BCUT2D eigenvalue weighted by atomic mass is 79.9. The molecule has 9 rings (SSSR count). The zero-order valence-corrected chi connectivity index (χ0v) is 56.0. The summed E-state index contributed by atoms with van der Waals surface area (Å²) in [6.45, 7) is 7.64. The fourth-order valence-electron chi connectivity index (χ4n) is 10.8. The van der Waals surface area contributed by atoms with Crippen LogP contribution < -0.4 is 22.9 Å². The van der Waals surface area contributed by atoms with Crippen molar-refractivity contribution in [3.05, 3.63) is 175 Å². The molecule has 102 heavy (non-hydrogen) atoms. The van der Waals surface area contributed by atoms with Crippen LogP contribution in [0.25, 0.3) is 4.85 Å². The Hall–Kier alpha value is -9.42. The molecule has 0 unspecified atom stereocenters. The fraction of sp³-hybridized carbons (Fsp3) is 0.394. The van der Waals surface area contributed by atoms with E-state index in [1.165, 1.54) is 54.7 Å². The van der Waals surface area contributed by atoms with Crippen molar-refractivity contribution in [2.24, 2.45) is 42.9 Å². The van der Waals surface area contributed by atoms with Crippen molar-refractivity contribution in [3.8, 4) is 35.6 Å². The standard InChI is InChI=1S/C20H13F5N4O.C20H25F5N2OSi.C14H11F5N2O.C12H10BrF5N2O/c1-27-14-6-5-13(28-10-14)4-2-12-3-7-16(22)15(8-12)19(11-21)9-17(20(23,24)25)30-18(26)29-19;1-4-29(5-2,6-3)10-9-14-7-8-16(22)15(11-14)19(13-21)12-17(20(23,24)25)28-18(26)27-19;1-2-8-3-4-10(16)9(5-8)13(7-15)6-11(14(17,18)19)22-12(20)21-13;13-6-1-2-8(15)7(3-6)11(5-14)4-9(12(16,17)18)21-10(19)20-11/h3,5-8,10,17H,9,11H2,(H2,26,29);7-8,11,17H,4-6,12-13H2,1-3H3,(H2,26,27);1,3-5,11H,6-7H2,(H2,20,21);1-3,9H,4-5H2,(H2,19,20)/t2*17-,19+;11-,13+;9-,11+/m0000/s1. The molecule has 0 fully saturated rings. The van der Waals surface area contributed by atoms with E-state index in [0.717, 1.165) is 54.5 Å². The second-order valence-electron chi connectivity index (χ2n) is 23.1. The van der Waals surface area contributed by atoms with Crippen LogP contribution in [0.4, 0.5) is 93.5 Å². The van der Waals surface area contributed by atoms with Crippen molar-refractivity contribution >= 4 is 53.8 Å². The molecule has 0 radical (unpaired) electrons. The number of alkyl halides is 16. The van der Waals surface area contributed by atoms with Crippen LogP contribution in [0.3, 0.4) is 0 Å². The maximum atomic E-state index is 14.6. The molecular weight excluding hydrogens is 1480 g/mol. The Morgan fingerprint density at radius 2 is 0.804 bits per heavy atom. The number of terminal acetylenes is 1. The lowest BCUT2D eigenvalue weighted by atomic mass is 9.84. The summed E-state index contributed by atoms with van der Waals surface area (Å²) in [5.41, 5.74) is 16.1. The third-order valence-corrected chi connectivity index (χ3v) is 21.7. The second-order valence-corrected chi connectivity index (χ2v) is 28.9. The minimum Gasteiger partial charge on any atom is -0.452 e. The highest BCUT2D eigenvalue weighted by Crippen LogP contribution is 2.46. The third kappa shape index (κ3) is 19.6. The van der Waals surface area contributed by atoms with Crippen LogP contribution in [0.5, 0.6) is 0 Å². The van der Waals surface area contributed by atoms with Gasteiger partial charge in [-0.1, -0.05) is 60.5 Å². The predicted octanol–water partition coefficient (Wildman–Crippen LogP) is 15.1. The van der Waals surface area contributed by atoms with Gasteiger partial charge in [-0.3, -0.25) is 4.98 Å². The number of amidine groups is 4. The molecule has 5 aromatic rings. The predicted molar refractivity (Wildman–Crippen MR) is 341 cm³/mol. The fourth-order valence-corrected chi connectivity index (χ4v) is 13.6. The van der Waals surface area contributed by atoms with Gasteiger partial charge in [0.25, 0.3) is 24.1 Å². The van der Waals surface area contributed by atoms with Crippen LogP contribution in [0.15, 0.2) is 116 Å². The van der Waals surface area contributed by atoms with Crippen molar-refractivity contribution in [1.29, 1.82) is 0 Å². The zero-order valence-electron chi connectivity index (χ0n) is 53.4. The van der Waals surface area contributed by atoms with E-state index >= 15 is 0 Å². The van der Waals surface area contributed by atoms with Crippen molar-refractivity contribution in [1.82, 2.24) is 4.98 Å². The summed E-state index contributed by atoms with van der Waals surface area (Å²) in [6.07, 6.45) is -25.9. The molecule has 4 aliphatic heterocycles. The summed E-state index contributed by atoms with van der Waals surface area (Å²) in [7, 11) is -1.79. The lowest BCUT2D eigenvalue weighted by molar-refractivity contribution is -0.209. The number of hydrogen-bond donors (Lipinski definition) is 4. The van der Waals surface area contributed by atoms with Crippen molar-refractivity contribution in [3.63, 3.8) is 0 Å². The van der Waals surface area contributed by atoms with E-state index in [2.05, 4.69) is 115 Å². The molecule has 0 bridgehead atoms. The molecule has 0 saturated heterocycles. The number of benzene rings is 4. The van der Waals surface area contributed by atoms with Crippen molar-refractivity contribution in [2.75, 3.05) is 26.7 Å². The van der Waals surface area contributed by atoms with E-state index in [4.69, 9.17) is 35.9 Å². The first kappa shape index (κ1) is 81.5. The Labute approximate surface area is 579 Å². The molecule has 0 spiro atoms. The van der Waals surface area contributed by atoms with E-state index in [0.29, 0.717) is 21.4 Å². The van der Waals surface area contributed by atoms with Crippen molar-refractivity contribution in [2.45, 2.75) is 136 Å². The number of pyridine rings is 1. The van der Waals surface area contributed by atoms with Crippen LogP contribution >= 0.6 is 15.9 Å². The molecule has 548 valence electrons. The first-order valence-corrected chi connectivity index (χ1v) is 33.3. The van der Waals surface area contributed by atoms with Gasteiger partial charge in [0, 0.05) is 75.3 Å². The molecule has 4 aromatic carbocycles. The monoisotopic (exact) mass is 1540 g/mol. The quantitative estimate of drug-likeness (QED) is 0.0429. The summed E-state index contributed by atoms with van der Waals surface area (Å²) < 4.78 is 286. The van der Waals surface area contributed by atoms with Crippen LogP contribution in [0.2, 0.25) is 18.1 Å². The Morgan fingerprint density at radius 1 is 0.490 bits per heavy atom. The van der Waals surface area contributed by atoms with Gasteiger partial charge in [-0.05, 0) is 103 Å². The summed E-state index contributed by atoms with van der Waals surface area (Å²) in [5.74, 6) is 7.01. The minimum absolute atomic E-state index is 0.188. The van der Waals surface area contributed by atoms with E-state index in [1.54, 1.807) is 0 Å². The summed E-state index contributed by atoms with van der Waals surface area (Å²) in [6, 6.07) is 16.5. The molecule has 0 aliphatic carbocycles. The number of rotatable bonds is 11. The normalized spacial score (nSPS) is 23.3. The molecule has 14 nitrogen and oxygen atoms in total. The average molecular weight is 1540 g/mol. The Bertz CT molecular complexity index is 4170. The SMILES string of the molecule is C#Cc1ccc(F)c([C@]2(CF)C[C@@H](C(F)(F)F)OC(N)=N2)c1.CC[Si](C#Cc1ccc(F)c([C@]2(CF)C[C@@H](C(F)(F)F)OC(N)=N2)c1)(CC)CC.NC1=N[C@](CF)(c2cc(Br)ccc2F)C[C@@H](C(F)(F)F)O1.[C-]#[N+]c1ccc(C#Cc2ccc(F)c([C@]3(CF)C[C@@H](C(F)(F)F)OC(N)=N3)c2)nc1. The maximum absolute atomic E-state index is 14.6. The Morgan fingerprint density at radius 3 is 1.10 bits per heavy atom. The molecule has 0 amide bonds. The van der Waals surface area contributed by atoms with Crippen LogP contribution in [-0.4, -0.2) is 113 Å². The second kappa shape index (κ2) is 32.7. The van der Waals surface area contributed by atoms with Gasteiger partial charge in [-0.25, -0.2) is 59.9 Å². The van der Waals surface area contributed by atoms with Gasteiger partial charge in [0.05, 0.1) is 6.57 Å². The number of nitrogens with zero attached hydrogens (tertiary/aromatic N) is 6. The molecule has 5 heterocycles. The Balaban J connectivity index is 0.000000216. The Kier molecular flexibility index (Phi) is 26.1. The van der Waals surface area contributed by atoms with Gasteiger partial charge in [0.2, 0.25) is 5.69 Å². The number of aliphatic imine (C=N–C) groups is 4. The summed E-state index contributed by atoms with van der Waals surface area (Å²) in [5, 5.41) is 0. The first-order chi connectivity index (χ1) is 47.6. The molecular formula is C66H59BrF20N10O4Si. The largest absolute Gasteiger partial charge is 0.452 e. The topological polar surface area (TPSA) is 208 Å². The maximum Gasteiger partial charge on any atom is 0.425 e. The van der Waals surface area contributed by atoms with Gasteiger partial charge < -0.3 is 41.9 Å². The average Bonchev–Trinajstić information content (AvgIpc) is 0.783. The molecule has 8 atom stereocenters. The van der Waals surface area contributed by atoms with Gasteiger partial charge in [0.15, 0.2) is 24.4 Å². The number of hydrogen-bond acceptors (Lipinski definition) is 13. The zero-order chi connectivity index (χ0) is 76.2. The van der Waals surface area contributed by atoms with Gasteiger partial charge in [-0.2, -0.15) is 52.7 Å².